The van der Waals surface area contributed by atoms with Crippen molar-refractivity contribution >= 4 is 25.1 Å². The van der Waals surface area contributed by atoms with Crippen LogP contribution in [0.25, 0.3) is 0 Å². The Morgan fingerprint density at radius 1 is 1.00 bits per heavy atom. The van der Waals surface area contributed by atoms with Crippen molar-refractivity contribution < 1.29 is 9.31 Å². The summed E-state index contributed by atoms with van der Waals surface area (Å²) in [6.07, 6.45) is 6.27. The standard InChI is InChI=1S/C22H28NOSe/c1-2-11-20-14-9-10-17-23(20)22(25-21-15-7-4-8-16-21)24-18-19-12-5-3-6-13-19/h3-8,12-13,15-16,22H,2,9-11,14,17-18H2,1H3/q+1. The van der Waals surface area contributed by atoms with Crippen LogP contribution in [0.2, 0.25) is 0 Å². The maximum absolute atomic E-state index is 6.48. The molecule has 0 saturated heterocycles. The third kappa shape index (κ3) is 5.54. The molecule has 0 saturated carbocycles. The molecular formula is C22H28NOSe+. The first-order chi connectivity index (χ1) is 12.4. The van der Waals surface area contributed by atoms with Crippen LogP contribution in [0.5, 0.6) is 0 Å². The molecule has 0 N–H and O–H groups in total. The molecule has 0 bridgehead atoms. The molecule has 0 aromatic heterocycles. The van der Waals surface area contributed by atoms with Gasteiger partial charge in [-0.05, 0) is 0 Å². The SMILES string of the molecule is CCCC1=[N+](C(OCc2ccccc2)[Se]c2ccccc2)CCCC1. The molecule has 0 spiro atoms. The zero-order valence-electron chi connectivity index (χ0n) is 15.1. The molecule has 2 nitrogen and oxygen atoms in total. The van der Waals surface area contributed by atoms with Gasteiger partial charge in [-0.15, -0.1) is 0 Å². The van der Waals surface area contributed by atoms with E-state index in [1.165, 1.54) is 42.1 Å². The molecule has 2 aromatic carbocycles. The van der Waals surface area contributed by atoms with Gasteiger partial charge in [-0.25, -0.2) is 0 Å². The van der Waals surface area contributed by atoms with Gasteiger partial charge in [0, 0.05) is 0 Å². The van der Waals surface area contributed by atoms with Crippen molar-refractivity contribution in [2.24, 2.45) is 0 Å². The summed E-state index contributed by atoms with van der Waals surface area (Å²) in [5, 5.41) is 0.192. The molecule has 1 atom stereocenters. The Kier molecular flexibility index (Phi) is 7.29. The molecule has 1 aliphatic rings. The summed E-state index contributed by atoms with van der Waals surface area (Å²) in [4.78, 5) is 0. The number of hydrogen-bond acceptors (Lipinski definition) is 1. The van der Waals surface area contributed by atoms with Crippen LogP contribution in [0, 0.1) is 0 Å². The first-order valence-electron chi connectivity index (χ1n) is 9.35. The summed E-state index contributed by atoms with van der Waals surface area (Å²) in [5.41, 5.74) is 2.86. The Hall–Kier alpha value is -1.41. The van der Waals surface area contributed by atoms with Crippen LogP contribution in [0.1, 0.15) is 44.6 Å². The van der Waals surface area contributed by atoms with E-state index in [1.54, 1.807) is 5.71 Å². The van der Waals surface area contributed by atoms with Gasteiger partial charge in [0.05, 0.1) is 0 Å². The van der Waals surface area contributed by atoms with Crippen LogP contribution in [0.4, 0.5) is 0 Å². The average molecular weight is 401 g/mol. The molecule has 1 aliphatic heterocycles. The Bertz CT molecular complexity index is 669. The van der Waals surface area contributed by atoms with E-state index in [1.807, 2.05) is 0 Å². The van der Waals surface area contributed by atoms with E-state index < -0.39 is 0 Å². The Balaban J connectivity index is 1.80. The summed E-state index contributed by atoms with van der Waals surface area (Å²) in [5.74, 6) is 0. The fourth-order valence-electron chi connectivity index (χ4n) is 3.27. The molecule has 0 fully saturated rings. The third-order valence-corrected chi connectivity index (χ3v) is 6.91. The van der Waals surface area contributed by atoms with E-state index in [-0.39, 0.29) is 20.1 Å². The van der Waals surface area contributed by atoms with Gasteiger partial charge >= 0.3 is 158 Å². The van der Waals surface area contributed by atoms with Gasteiger partial charge in [-0.2, -0.15) is 0 Å². The zero-order chi connectivity index (χ0) is 17.3. The van der Waals surface area contributed by atoms with Gasteiger partial charge in [0.25, 0.3) is 0 Å². The summed E-state index contributed by atoms with van der Waals surface area (Å²) >= 11 is 0.284. The van der Waals surface area contributed by atoms with Gasteiger partial charge in [0.2, 0.25) is 0 Å². The second kappa shape index (κ2) is 9.91. The van der Waals surface area contributed by atoms with Gasteiger partial charge in [0.1, 0.15) is 0 Å². The van der Waals surface area contributed by atoms with Crippen molar-refractivity contribution in [1.82, 2.24) is 0 Å². The fourth-order valence-corrected chi connectivity index (χ4v) is 5.50. The topological polar surface area (TPSA) is 12.2 Å². The number of rotatable bonds is 8. The summed E-state index contributed by atoms with van der Waals surface area (Å²) in [6.45, 7) is 4.11. The molecule has 1 heterocycles. The van der Waals surface area contributed by atoms with Gasteiger partial charge in [0.15, 0.2) is 0 Å². The normalized spacial score (nSPS) is 16.0. The number of ether oxygens (including phenoxy) is 1. The third-order valence-electron chi connectivity index (χ3n) is 4.53. The van der Waals surface area contributed by atoms with Crippen molar-refractivity contribution in [3.8, 4) is 0 Å². The fraction of sp³-hybridized carbons (Fsp3) is 0.409. The molecule has 0 amide bonds. The van der Waals surface area contributed by atoms with Crippen molar-refractivity contribution in [2.75, 3.05) is 6.54 Å². The van der Waals surface area contributed by atoms with Gasteiger partial charge in [-0.3, -0.25) is 0 Å². The van der Waals surface area contributed by atoms with Crippen LogP contribution in [-0.4, -0.2) is 36.9 Å². The predicted octanol–water partition coefficient (Wildman–Crippen LogP) is 3.95. The number of hydrogen-bond donors (Lipinski definition) is 0. The van der Waals surface area contributed by atoms with Crippen LogP contribution in [-0.2, 0) is 11.3 Å². The van der Waals surface area contributed by atoms with Crippen LogP contribution in [0.15, 0.2) is 60.7 Å². The molecule has 1 unspecified atom stereocenters. The molecule has 25 heavy (non-hydrogen) atoms. The van der Waals surface area contributed by atoms with E-state index in [2.05, 4.69) is 72.2 Å². The molecule has 0 radical (unpaired) electrons. The summed E-state index contributed by atoms with van der Waals surface area (Å²) in [6, 6.07) is 21.4. The van der Waals surface area contributed by atoms with E-state index in [0.717, 1.165) is 6.54 Å². The van der Waals surface area contributed by atoms with Crippen molar-refractivity contribution in [2.45, 2.75) is 50.8 Å². The second-order valence-electron chi connectivity index (χ2n) is 6.50. The molecule has 3 heteroatoms. The van der Waals surface area contributed by atoms with Gasteiger partial charge in [-0.1, -0.05) is 0 Å². The van der Waals surface area contributed by atoms with E-state index in [0.29, 0.717) is 6.61 Å². The summed E-state index contributed by atoms with van der Waals surface area (Å²) < 4.78 is 10.5. The van der Waals surface area contributed by atoms with Crippen LogP contribution < -0.4 is 4.46 Å². The van der Waals surface area contributed by atoms with Crippen LogP contribution >= 0.6 is 0 Å². The van der Waals surface area contributed by atoms with Gasteiger partial charge < -0.3 is 0 Å². The van der Waals surface area contributed by atoms with E-state index in [9.17, 15) is 0 Å². The first-order valence-corrected chi connectivity index (χ1v) is 11.2. The number of nitrogens with zero attached hydrogens (tertiary/aromatic N) is 1. The maximum atomic E-state index is 6.48. The molecule has 132 valence electrons. The second-order valence-corrected chi connectivity index (χ2v) is 8.83. The molecule has 3 rings (SSSR count). The minimum atomic E-state index is 0.192. The number of benzene rings is 2. The molecular weight excluding hydrogens is 373 g/mol. The quantitative estimate of drug-likeness (QED) is 0.482. The van der Waals surface area contributed by atoms with E-state index >= 15 is 0 Å². The molecule has 2 aromatic rings. The monoisotopic (exact) mass is 402 g/mol. The minimum absolute atomic E-state index is 0.192. The zero-order valence-corrected chi connectivity index (χ0v) is 16.8. The van der Waals surface area contributed by atoms with E-state index in [4.69, 9.17) is 4.74 Å². The molecule has 0 aliphatic carbocycles. The Labute approximate surface area is 158 Å². The average Bonchev–Trinajstić information content (AvgIpc) is 2.68. The van der Waals surface area contributed by atoms with Crippen molar-refractivity contribution in [1.29, 1.82) is 0 Å². The van der Waals surface area contributed by atoms with Crippen molar-refractivity contribution in [3.05, 3.63) is 66.2 Å². The predicted molar refractivity (Wildman–Crippen MR) is 106 cm³/mol. The Morgan fingerprint density at radius 3 is 2.44 bits per heavy atom. The van der Waals surface area contributed by atoms with Crippen molar-refractivity contribution in [3.63, 3.8) is 0 Å². The summed E-state index contributed by atoms with van der Waals surface area (Å²) in [7, 11) is 0. The first kappa shape index (κ1) is 18.4. The Morgan fingerprint density at radius 2 is 1.72 bits per heavy atom. The van der Waals surface area contributed by atoms with Crippen LogP contribution in [0.3, 0.4) is 0 Å².